The number of carbonyl (C=O) groups excluding carboxylic acids is 1. The highest BCUT2D eigenvalue weighted by Gasteiger charge is 2.36. The summed E-state index contributed by atoms with van der Waals surface area (Å²) in [7, 11) is 2.13. The van der Waals surface area contributed by atoms with Gasteiger partial charge >= 0.3 is 0 Å². The molecule has 4 rings (SSSR count). The zero-order chi connectivity index (χ0) is 18.9. The monoisotopic (exact) mass is 369 g/mol. The normalized spacial score (nSPS) is 25.0. The van der Waals surface area contributed by atoms with Gasteiger partial charge in [-0.15, -0.1) is 0 Å². The summed E-state index contributed by atoms with van der Waals surface area (Å²) in [6.07, 6.45) is 11.6. The van der Waals surface area contributed by atoms with Crippen LogP contribution in [0.4, 0.5) is 0 Å². The predicted octanol–water partition coefficient (Wildman–Crippen LogP) is 2.78. The van der Waals surface area contributed by atoms with Crippen LogP contribution in [0.15, 0.2) is 0 Å². The van der Waals surface area contributed by atoms with Gasteiger partial charge in [0.2, 0.25) is 5.91 Å². The lowest BCUT2D eigenvalue weighted by Crippen LogP contribution is -2.51. The number of imidazole rings is 1. The molecule has 1 amide bonds. The Bertz CT molecular complexity index is 740. The average molecular weight is 370 g/mol. The van der Waals surface area contributed by atoms with Gasteiger partial charge in [0.15, 0.2) is 0 Å². The first kappa shape index (κ1) is 18.5. The smallest absolute Gasteiger partial charge is 0.235 e. The van der Waals surface area contributed by atoms with Crippen LogP contribution in [-0.4, -0.2) is 39.0 Å². The van der Waals surface area contributed by atoms with Gasteiger partial charge in [0.25, 0.3) is 0 Å². The minimum absolute atomic E-state index is 0.00989. The summed E-state index contributed by atoms with van der Waals surface area (Å²) >= 11 is 0. The molecular formula is C21H31N5O. The van der Waals surface area contributed by atoms with Crippen LogP contribution < -0.4 is 5.32 Å². The molecule has 2 fully saturated rings. The standard InChI is InChI=1S/C21H31N5O/c1-25-17-9-4-3-8-16(17)23-20(25)18-10-7-13-26(18)14-19(27)24-21(15-22)11-5-2-6-12-21/h18H,2-14H2,1H3,(H,24,27). The third-order valence-electron chi connectivity index (χ3n) is 6.72. The topological polar surface area (TPSA) is 74.0 Å². The van der Waals surface area contributed by atoms with Crippen LogP contribution in [0.2, 0.25) is 0 Å². The van der Waals surface area contributed by atoms with Gasteiger partial charge in [0.1, 0.15) is 11.4 Å². The summed E-state index contributed by atoms with van der Waals surface area (Å²) in [5.41, 5.74) is 2.01. The Morgan fingerprint density at radius 2 is 2.00 bits per heavy atom. The van der Waals surface area contributed by atoms with Crippen LogP contribution >= 0.6 is 0 Å². The van der Waals surface area contributed by atoms with E-state index in [9.17, 15) is 10.1 Å². The maximum atomic E-state index is 12.8. The largest absolute Gasteiger partial charge is 0.337 e. The van der Waals surface area contributed by atoms with E-state index in [-0.39, 0.29) is 11.9 Å². The molecular weight excluding hydrogens is 338 g/mol. The van der Waals surface area contributed by atoms with E-state index in [1.54, 1.807) is 0 Å². The number of aryl methyl sites for hydroxylation is 1. The average Bonchev–Trinajstić information content (AvgIpc) is 3.27. The number of nitriles is 1. The number of likely N-dealkylation sites (tertiary alicyclic amines) is 1. The van der Waals surface area contributed by atoms with Crippen LogP contribution in [-0.2, 0) is 24.7 Å². The molecule has 3 aliphatic rings. The van der Waals surface area contributed by atoms with Crippen LogP contribution in [0.5, 0.6) is 0 Å². The zero-order valence-corrected chi connectivity index (χ0v) is 16.5. The summed E-state index contributed by atoms with van der Waals surface area (Å²) in [5.74, 6) is 1.11. The molecule has 1 atom stereocenters. The van der Waals surface area contributed by atoms with Crippen molar-refractivity contribution < 1.29 is 4.79 Å². The number of carbonyl (C=O) groups is 1. The second-order valence-corrected chi connectivity index (χ2v) is 8.56. The molecule has 0 aromatic carbocycles. The Kier molecular flexibility index (Phi) is 5.23. The first-order chi connectivity index (χ1) is 13.1. The fourth-order valence-electron chi connectivity index (χ4n) is 5.22. The van der Waals surface area contributed by atoms with Crippen LogP contribution in [0.1, 0.15) is 81.0 Å². The lowest BCUT2D eigenvalue weighted by molar-refractivity contribution is -0.124. The molecule has 1 aliphatic heterocycles. The van der Waals surface area contributed by atoms with Crippen molar-refractivity contribution in [3.8, 4) is 6.07 Å². The van der Waals surface area contributed by atoms with E-state index in [2.05, 4.69) is 27.9 Å². The van der Waals surface area contributed by atoms with E-state index in [1.165, 1.54) is 24.2 Å². The van der Waals surface area contributed by atoms with Gasteiger partial charge in [-0.3, -0.25) is 9.69 Å². The quantitative estimate of drug-likeness (QED) is 0.886. The maximum absolute atomic E-state index is 12.8. The molecule has 27 heavy (non-hydrogen) atoms. The molecule has 2 aliphatic carbocycles. The van der Waals surface area contributed by atoms with Gasteiger partial charge in [-0.2, -0.15) is 5.26 Å². The minimum atomic E-state index is -0.646. The molecule has 6 nitrogen and oxygen atoms in total. The number of rotatable bonds is 4. The second kappa shape index (κ2) is 7.63. The Balaban J connectivity index is 1.45. The molecule has 6 heteroatoms. The van der Waals surface area contributed by atoms with E-state index in [4.69, 9.17) is 4.98 Å². The number of nitrogens with zero attached hydrogens (tertiary/aromatic N) is 4. The van der Waals surface area contributed by atoms with E-state index >= 15 is 0 Å². The zero-order valence-electron chi connectivity index (χ0n) is 16.5. The molecule has 146 valence electrons. The molecule has 1 saturated carbocycles. The summed E-state index contributed by atoms with van der Waals surface area (Å²) in [6.45, 7) is 1.29. The van der Waals surface area contributed by atoms with Gasteiger partial charge in [-0.1, -0.05) is 19.3 Å². The van der Waals surface area contributed by atoms with Crippen LogP contribution in [0, 0.1) is 11.3 Å². The molecule has 0 radical (unpaired) electrons. The molecule has 0 spiro atoms. The van der Waals surface area contributed by atoms with Gasteiger partial charge in [-0.05, 0) is 57.9 Å². The third kappa shape index (κ3) is 3.62. The fourth-order valence-corrected chi connectivity index (χ4v) is 5.22. The molecule has 1 aromatic rings. The highest BCUT2D eigenvalue weighted by Crippen LogP contribution is 2.34. The molecule has 1 saturated heterocycles. The van der Waals surface area contributed by atoms with Gasteiger partial charge in [0.05, 0.1) is 24.3 Å². The Labute approximate surface area is 161 Å². The molecule has 1 unspecified atom stereocenters. The maximum Gasteiger partial charge on any atom is 0.235 e. The molecule has 1 N–H and O–H groups in total. The Morgan fingerprint density at radius 1 is 1.22 bits per heavy atom. The fraction of sp³-hybridized carbons (Fsp3) is 0.762. The first-order valence-electron chi connectivity index (χ1n) is 10.6. The van der Waals surface area contributed by atoms with Crippen molar-refractivity contribution >= 4 is 5.91 Å². The number of nitrogens with one attached hydrogen (secondary N) is 1. The summed E-state index contributed by atoms with van der Waals surface area (Å²) in [6, 6.07) is 2.61. The number of hydrogen-bond donors (Lipinski definition) is 1. The number of amides is 1. The predicted molar refractivity (Wildman–Crippen MR) is 103 cm³/mol. The van der Waals surface area contributed by atoms with Crippen molar-refractivity contribution in [3.63, 3.8) is 0 Å². The highest BCUT2D eigenvalue weighted by molar-refractivity contribution is 5.79. The van der Waals surface area contributed by atoms with Crippen molar-refractivity contribution in [1.82, 2.24) is 19.8 Å². The van der Waals surface area contributed by atoms with Crippen molar-refractivity contribution in [2.45, 2.75) is 82.2 Å². The van der Waals surface area contributed by atoms with Crippen molar-refractivity contribution in [1.29, 1.82) is 5.26 Å². The summed E-state index contributed by atoms with van der Waals surface area (Å²) in [5, 5.41) is 12.7. The third-order valence-corrected chi connectivity index (χ3v) is 6.72. The van der Waals surface area contributed by atoms with E-state index in [0.717, 1.165) is 70.2 Å². The Morgan fingerprint density at radius 3 is 2.74 bits per heavy atom. The number of hydrogen-bond acceptors (Lipinski definition) is 4. The molecule has 2 heterocycles. The second-order valence-electron chi connectivity index (χ2n) is 8.56. The van der Waals surface area contributed by atoms with Gasteiger partial charge < -0.3 is 9.88 Å². The van der Waals surface area contributed by atoms with E-state index < -0.39 is 5.54 Å². The van der Waals surface area contributed by atoms with Crippen molar-refractivity contribution in [2.75, 3.05) is 13.1 Å². The molecule has 1 aromatic heterocycles. The van der Waals surface area contributed by atoms with Crippen molar-refractivity contribution in [3.05, 3.63) is 17.2 Å². The van der Waals surface area contributed by atoms with E-state index in [1.807, 2.05) is 0 Å². The lowest BCUT2D eigenvalue weighted by atomic mass is 9.83. The summed E-state index contributed by atoms with van der Waals surface area (Å²) in [4.78, 5) is 20.0. The van der Waals surface area contributed by atoms with Gasteiger partial charge in [0, 0.05) is 12.7 Å². The van der Waals surface area contributed by atoms with E-state index in [0.29, 0.717) is 6.54 Å². The number of aromatic nitrogens is 2. The van der Waals surface area contributed by atoms with Crippen LogP contribution in [0.3, 0.4) is 0 Å². The Hall–Kier alpha value is -1.87. The minimum Gasteiger partial charge on any atom is -0.337 e. The summed E-state index contributed by atoms with van der Waals surface area (Å²) < 4.78 is 2.29. The molecule has 0 bridgehead atoms. The first-order valence-corrected chi connectivity index (χ1v) is 10.6. The van der Waals surface area contributed by atoms with Crippen molar-refractivity contribution in [2.24, 2.45) is 7.05 Å². The van der Waals surface area contributed by atoms with Gasteiger partial charge in [-0.25, -0.2) is 4.98 Å². The highest BCUT2D eigenvalue weighted by atomic mass is 16.2. The SMILES string of the molecule is Cn1c(C2CCCN2CC(=O)NC2(C#N)CCCCC2)nc2c1CCCC2. The lowest BCUT2D eigenvalue weighted by Gasteiger charge is -2.32. The number of fused-ring (bicyclic) bond motifs is 1. The van der Waals surface area contributed by atoms with Crippen LogP contribution in [0.25, 0.3) is 0 Å².